The quantitative estimate of drug-likeness (QED) is 0.433. The number of anilines is 1. The normalized spacial score (nSPS) is 12.4. The zero-order valence-electron chi connectivity index (χ0n) is 17.0. The number of aromatic nitrogens is 1. The fourth-order valence-electron chi connectivity index (χ4n) is 2.41. The third-order valence-electron chi connectivity index (χ3n) is 3.89. The fourth-order valence-corrected chi connectivity index (χ4v) is 3.16. The molecular weight excluding hydrogens is 378 g/mol. The van der Waals surface area contributed by atoms with Gasteiger partial charge in [0.05, 0.1) is 32.6 Å². The minimum Gasteiger partial charge on any atom is -0.497 e. The van der Waals surface area contributed by atoms with Crippen LogP contribution >= 0.6 is 11.3 Å². The first kappa shape index (κ1) is 21.8. The third-order valence-corrected chi connectivity index (χ3v) is 4.94. The van der Waals surface area contributed by atoms with E-state index in [0.29, 0.717) is 36.1 Å². The second-order valence-corrected chi connectivity index (χ2v) is 7.09. The van der Waals surface area contributed by atoms with Gasteiger partial charge in [-0.05, 0) is 24.6 Å². The van der Waals surface area contributed by atoms with Crippen LogP contribution in [0.25, 0.3) is 0 Å². The lowest BCUT2D eigenvalue weighted by Gasteiger charge is -2.17. The Morgan fingerprint density at radius 1 is 1.21 bits per heavy atom. The number of benzene rings is 1. The van der Waals surface area contributed by atoms with Crippen LogP contribution in [0, 0.1) is 0 Å². The van der Waals surface area contributed by atoms with Crippen molar-refractivity contribution in [2.45, 2.75) is 19.6 Å². The van der Waals surface area contributed by atoms with E-state index in [-0.39, 0.29) is 0 Å². The zero-order valence-corrected chi connectivity index (χ0v) is 17.8. The molecule has 0 fully saturated rings. The minimum atomic E-state index is -0.743. The minimum absolute atomic E-state index is 0.294. The van der Waals surface area contributed by atoms with E-state index < -0.39 is 6.10 Å². The van der Waals surface area contributed by atoms with E-state index in [2.05, 4.69) is 20.6 Å². The summed E-state index contributed by atoms with van der Waals surface area (Å²) in [5.74, 6) is 1.89. The van der Waals surface area contributed by atoms with Gasteiger partial charge in [-0.1, -0.05) is 0 Å². The van der Waals surface area contributed by atoms with Crippen LogP contribution in [0.4, 0.5) is 5.13 Å². The van der Waals surface area contributed by atoms with Crippen LogP contribution in [-0.4, -0.2) is 57.5 Å². The lowest BCUT2D eigenvalue weighted by molar-refractivity contribution is 0.180. The van der Waals surface area contributed by atoms with Gasteiger partial charge in [0.1, 0.15) is 11.5 Å². The maximum Gasteiger partial charge on any atom is 0.191 e. The highest BCUT2D eigenvalue weighted by Crippen LogP contribution is 2.26. The third kappa shape index (κ3) is 6.28. The van der Waals surface area contributed by atoms with Crippen molar-refractivity contribution in [3.8, 4) is 11.5 Å². The molecular formula is C19H29N5O3S. The van der Waals surface area contributed by atoms with E-state index in [1.807, 2.05) is 31.3 Å². The monoisotopic (exact) mass is 407 g/mol. The molecule has 0 bridgehead atoms. The molecule has 0 radical (unpaired) electrons. The molecule has 1 aromatic carbocycles. The molecule has 1 aromatic heterocycles. The molecule has 9 heteroatoms. The van der Waals surface area contributed by atoms with Crippen molar-refractivity contribution in [3.05, 3.63) is 34.8 Å². The van der Waals surface area contributed by atoms with Crippen molar-refractivity contribution in [1.29, 1.82) is 0 Å². The number of ether oxygens (including phenoxy) is 2. The average Bonchev–Trinajstić information content (AvgIpc) is 3.18. The smallest absolute Gasteiger partial charge is 0.191 e. The van der Waals surface area contributed by atoms with Gasteiger partial charge in [0, 0.05) is 38.6 Å². The lowest BCUT2D eigenvalue weighted by atomic mass is 10.1. The van der Waals surface area contributed by atoms with Crippen LogP contribution < -0.4 is 25.0 Å². The molecule has 28 heavy (non-hydrogen) atoms. The van der Waals surface area contributed by atoms with Crippen molar-refractivity contribution in [3.63, 3.8) is 0 Å². The number of thiazole rings is 1. The number of guanidine groups is 1. The summed E-state index contributed by atoms with van der Waals surface area (Å²) in [5, 5.41) is 19.8. The maximum absolute atomic E-state index is 10.6. The molecule has 0 spiro atoms. The number of aliphatic hydroxyl groups is 1. The highest BCUT2D eigenvalue weighted by Gasteiger charge is 2.12. The summed E-state index contributed by atoms with van der Waals surface area (Å²) in [6.45, 7) is 3.47. The van der Waals surface area contributed by atoms with Crippen molar-refractivity contribution in [1.82, 2.24) is 15.6 Å². The van der Waals surface area contributed by atoms with E-state index in [1.54, 1.807) is 43.8 Å². The maximum atomic E-state index is 10.6. The van der Waals surface area contributed by atoms with Gasteiger partial charge in [-0.25, -0.2) is 9.98 Å². The predicted octanol–water partition coefficient (Wildman–Crippen LogP) is 2.01. The number of rotatable bonds is 9. The van der Waals surface area contributed by atoms with Gasteiger partial charge in [0.25, 0.3) is 0 Å². The molecule has 0 aliphatic carbocycles. The molecule has 154 valence electrons. The predicted molar refractivity (Wildman–Crippen MR) is 114 cm³/mol. The van der Waals surface area contributed by atoms with Crippen molar-refractivity contribution in [2.75, 3.05) is 46.3 Å². The zero-order chi connectivity index (χ0) is 20.5. The van der Waals surface area contributed by atoms with Gasteiger partial charge < -0.3 is 30.1 Å². The van der Waals surface area contributed by atoms with Crippen LogP contribution in [0.1, 0.15) is 24.3 Å². The molecule has 2 aromatic rings. The summed E-state index contributed by atoms with van der Waals surface area (Å²) < 4.78 is 10.5. The summed E-state index contributed by atoms with van der Waals surface area (Å²) in [4.78, 5) is 11.0. The van der Waals surface area contributed by atoms with Crippen molar-refractivity contribution < 1.29 is 14.6 Å². The van der Waals surface area contributed by atoms with Gasteiger partial charge in [-0.3, -0.25) is 0 Å². The van der Waals surface area contributed by atoms with Gasteiger partial charge >= 0.3 is 0 Å². The Labute approximate surface area is 170 Å². The summed E-state index contributed by atoms with van der Waals surface area (Å²) in [5.41, 5.74) is 1.61. The Bertz CT molecular complexity index is 756. The summed E-state index contributed by atoms with van der Waals surface area (Å²) in [6, 6.07) is 5.35. The van der Waals surface area contributed by atoms with Crippen LogP contribution in [0.3, 0.4) is 0 Å². The first-order chi connectivity index (χ1) is 13.5. The summed E-state index contributed by atoms with van der Waals surface area (Å²) >= 11 is 1.59. The van der Waals surface area contributed by atoms with Crippen LogP contribution in [0.5, 0.6) is 11.5 Å². The molecule has 0 aliphatic heterocycles. The van der Waals surface area contributed by atoms with Gasteiger partial charge in [-0.15, -0.1) is 11.3 Å². The molecule has 1 unspecified atom stereocenters. The second-order valence-electron chi connectivity index (χ2n) is 6.25. The van der Waals surface area contributed by atoms with Crippen LogP contribution in [0.2, 0.25) is 0 Å². The van der Waals surface area contributed by atoms with E-state index in [0.717, 1.165) is 17.4 Å². The molecule has 0 aliphatic rings. The van der Waals surface area contributed by atoms with Crippen molar-refractivity contribution >= 4 is 22.4 Å². The Morgan fingerprint density at radius 3 is 2.43 bits per heavy atom. The van der Waals surface area contributed by atoms with Crippen LogP contribution in [-0.2, 0) is 6.54 Å². The van der Waals surface area contributed by atoms with E-state index in [1.165, 1.54) is 0 Å². The first-order valence-electron chi connectivity index (χ1n) is 9.01. The fraction of sp³-hybridized carbons (Fsp3) is 0.474. The van der Waals surface area contributed by atoms with Gasteiger partial charge in [0.2, 0.25) is 0 Å². The second kappa shape index (κ2) is 10.7. The Morgan fingerprint density at radius 2 is 1.89 bits per heavy atom. The Kier molecular flexibility index (Phi) is 8.34. The van der Waals surface area contributed by atoms with Gasteiger partial charge in [0.15, 0.2) is 11.1 Å². The SMILES string of the molecule is CCNC(=NCc1csc(N(C)C)n1)NCC(O)c1cc(OC)cc(OC)c1. The number of methoxy groups -OCH3 is 2. The molecule has 0 amide bonds. The highest BCUT2D eigenvalue weighted by atomic mass is 32.1. The molecule has 2 rings (SSSR count). The summed E-state index contributed by atoms with van der Waals surface area (Å²) in [6.07, 6.45) is -0.743. The molecule has 0 saturated carbocycles. The molecule has 1 atom stereocenters. The number of nitrogens with one attached hydrogen (secondary N) is 2. The average molecular weight is 408 g/mol. The number of hydrogen-bond donors (Lipinski definition) is 3. The van der Waals surface area contributed by atoms with Gasteiger partial charge in [-0.2, -0.15) is 0 Å². The topological polar surface area (TPSA) is 91.2 Å². The van der Waals surface area contributed by atoms with E-state index >= 15 is 0 Å². The van der Waals surface area contributed by atoms with E-state index in [9.17, 15) is 5.11 Å². The van der Waals surface area contributed by atoms with Crippen LogP contribution in [0.15, 0.2) is 28.6 Å². The number of hydrogen-bond acceptors (Lipinski definition) is 7. The molecule has 1 heterocycles. The van der Waals surface area contributed by atoms with E-state index in [4.69, 9.17) is 9.47 Å². The lowest BCUT2D eigenvalue weighted by Crippen LogP contribution is -2.39. The Hall–Kier alpha value is -2.52. The number of aliphatic hydroxyl groups excluding tert-OH is 1. The first-order valence-corrected chi connectivity index (χ1v) is 9.89. The summed E-state index contributed by atoms with van der Waals surface area (Å²) in [7, 11) is 7.09. The number of aliphatic imine (C=N–C) groups is 1. The Balaban J connectivity index is 2.01. The van der Waals surface area contributed by atoms with Crippen molar-refractivity contribution in [2.24, 2.45) is 4.99 Å². The number of nitrogens with zero attached hydrogens (tertiary/aromatic N) is 3. The molecule has 3 N–H and O–H groups in total. The molecule has 0 saturated heterocycles. The largest absolute Gasteiger partial charge is 0.497 e. The standard InChI is InChI=1S/C19H29N5O3S/c1-6-20-18(21-10-14-12-28-19(23-14)24(2)3)22-11-17(25)13-7-15(26-4)9-16(8-13)27-5/h7-9,12,17,25H,6,10-11H2,1-5H3,(H2,20,21,22). The highest BCUT2D eigenvalue weighted by molar-refractivity contribution is 7.13. The molecule has 8 nitrogen and oxygen atoms in total.